The number of aryl methyl sites for hydroxylation is 1. The Hall–Kier alpha value is -3.08. The van der Waals surface area contributed by atoms with E-state index in [9.17, 15) is 13.2 Å². The number of sulfonamides is 1. The van der Waals surface area contributed by atoms with E-state index >= 15 is 0 Å². The molecule has 3 aromatic rings. The van der Waals surface area contributed by atoms with E-state index in [1.165, 1.54) is 56.7 Å². The monoisotopic (exact) mass is 592 g/mol. The Kier molecular flexibility index (Phi) is 11.2. The Morgan fingerprint density at radius 3 is 2.36 bits per heavy atom. The van der Waals surface area contributed by atoms with Gasteiger partial charge in [-0.25, -0.2) is 8.42 Å². The van der Waals surface area contributed by atoms with Gasteiger partial charge in [-0.1, -0.05) is 41.4 Å². The van der Waals surface area contributed by atoms with Crippen molar-refractivity contribution >= 4 is 45.0 Å². The van der Waals surface area contributed by atoms with Crippen LogP contribution in [0.5, 0.6) is 17.2 Å². The van der Waals surface area contributed by atoms with Crippen molar-refractivity contribution in [1.29, 1.82) is 0 Å². The number of hydrogen-bond acceptors (Lipinski definition) is 7. The lowest BCUT2D eigenvalue weighted by Gasteiger charge is -2.26. The zero-order valence-electron chi connectivity index (χ0n) is 22.4. The first-order valence-electron chi connectivity index (χ1n) is 12.2. The molecule has 0 saturated carbocycles. The van der Waals surface area contributed by atoms with E-state index in [-0.39, 0.29) is 22.1 Å². The van der Waals surface area contributed by atoms with Crippen LogP contribution in [0.4, 0.5) is 5.69 Å². The summed E-state index contributed by atoms with van der Waals surface area (Å²) in [7, 11) is 0.0580. The van der Waals surface area contributed by atoms with Crippen molar-refractivity contribution in [3.8, 4) is 17.2 Å². The second-order valence-corrected chi connectivity index (χ2v) is 12.0. The molecule has 0 saturated heterocycles. The molecule has 8 nitrogen and oxygen atoms in total. The molecule has 0 aromatic heterocycles. The Labute approximate surface area is 239 Å². The molecule has 0 aliphatic rings. The van der Waals surface area contributed by atoms with E-state index in [0.717, 1.165) is 22.2 Å². The molecule has 210 valence electrons. The molecule has 0 unspecified atom stereocenters. The number of methoxy groups -OCH3 is 3. The van der Waals surface area contributed by atoms with Crippen LogP contribution in [0, 0.1) is 6.92 Å². The average Bonchev–Trinajstić information content (AvgIpc) is 2.93. The van der Waals surface area contributed by atoms with Crippen molar-refractivity contribution in [2.45, 2.75) is 24.0 Å². The number of nitrogens with one attached hydrogen (secondary N) is 1. The van der Waals surface area contributed by atoms with Gasteiger partial charge in [0.05, 0.1) is 31.9 Å². The third kappa shape index (κ3) is 8.20. The Bertz CT molecular complexity index is 1380. The normalized spacial score (nSPS) is 11.1. The van der Waals surface area contributed by atoms with Crippen LogP contribution < -0.4 is 23.8 Å². The van der Waals surface area contributed by atoms with Crippen molar-refractivity contribution < 1.29 is 27.4 Å². The van der Waals surface area contributed by atoms with Gasteiger partial charge in [0.15, 0.2) is 11.5 Å². The van der Waals surface area contributed by atoms with E-state index in [2.05, 4.69) is 30.4 Å². The van der Waals surface area contributed by atoms with Crippen molar-refractivity contribution in [1.82, 2.24) is 5.32 Å². The molecule has 3 rings (SSSR count). The van der Waals surface area contributed by atoms with E-state index in [1.54, 1.807) is 23.9 Å². The first kappa shape index (κ1) is 30.5. The van der Waals surface area contributed by atoms with E-state index in [1.807, 2.05) is 6.07 Å². The minimum Gasteiger partial charge on any atom is -0.495 e. The molecule has 0 bridgehead atoms. The fourth-order valence-corrected chi connectivity index (χ4v) is 6.36. The first-order chi connectivity index (χ1) is 18.7. The summed E-state index contributed by atoms with van der Waals surface area (Å²) in [5.74, 6) is 2.16. The minimum absolute atomic E-state index is 0.0810. The number of amides is 1. The molecule has 11 heteroatoms. The highest BCUT2D eigenvalue weighted by atomic mass is 35.5. The van der Waals surface area contributed by atoms with Crippen molar-refractivity contribution in [3.05, 3.63) is 76.8 Å². The molecule has 0 aliphatic heterocycles. The molecule has 0 radical (unpaired) electrons. The van der Waals surface area contributed by atoms with Crippen molar-refractivity contribution in [2.24, 2.45) is 0 Å². The predicted molar refractivity (Wildman–Crippen MR) is 157 cm³/mol. The summed E-state index contributed by atoms with van der Waals surface area (Å²) < 4.78 is 44.6. The largest absolute Gasteiger partial charge is 0.495 e. The standard InChI is InChI=1S/C28H33ClN2O6S2/c1-20-7-5-8-21(15-20)19-38-14-6-13-30-28(32)18-31(24-16-22(29)9-11-25(24)35-2)39(33,34)23-10-12-26(36-3)27(17-23)37-4/h5,7-12,15-17H,6,13-14,18-19H2,1-4H3,(H,30,32). The molecule has 1 amide bonds. The van der Waals surface area contributed by atoms with Gasteiger partial charge in [-0.05, 0) is 55.0 Å². The number of nitrogens with zero attached hydrogens (tertiary/aromatic N) is 1. The molecule has 0 fully saturated rings. The Morgan fingerprint density at radius 1 is 0.949 bits per heavy atom. The fraction of sp³-hybridized carbons (Fsp3) is 0.321. The van der Waals surface area contributed by atoms with Crippen LogP contribution in [0.15, 0.2) is 65.6 Å². The van der Waals surface area contributed by atoms with Crippen LogP contribution in [-0.4, -0.2) is 54.5 Å². The van der Waals surface area contributed by atoms with Gasteiger partial charge in [-0.3, -0.25) is 9.10 Å². The fourth-order valence-electron chi connectivity index (χ4n) is 3.84. The number of rotatable bonds is 14. The number of anilines is 1. The number of benzene rings is 3. The molecule has 0 spiro atoms. The molecule has 1 N–H and O–H groups in total. The smallest absolute Gasteiger partial charge is 0.265 e. The summed E-state index contributed by atoms with van der Waals surface area (Å²) in [6, 6.07) is 17.2. The second kappa shape index (κ2) is 14.3. The lowest BCUT2D eigenvalue weighted by molar-refractivity contribution is -0.119. The molecular formula is C28H33ClN2O6S2. The molecular weight excluding hydrogens is 560 g/mol. The minimum atomic E-state index is -4.24. The highest BCUT2D eigenvalue weighted by Crippen LogP contribution is 2.37. The van der Waals surface area contributed by atoms with Crippen molar-refractivity contribution in [2.75, 3.05) is 44.5 Å². The van der Waals surface area contributed by atoms with E-state index < -0.39 is 22.5 Å². The summed E-state index contributed by atoms with van der Waals surface area (Å²) in [6.07, 6.45) is 0.741. The summed E-state index contributed by atoms with van der Waals surface area (Å²) in [6.45, 7) is 2.01. The third-order valence-electron chi connectivity index (χ3n) is 5.78. The molecule has 39 heavy (non-hydrogen) atoms. The van der Waals surface area contributed by atoms with Crippen LogP contribution in [0.2, 0.25) is 5.02 Å². The second-order valence-electron chi connectivity index (χ2n) is 8.59. The summed E-state index contributed by atoms with van der Waals surface area (Å²) >= 11 is 7.99. The SMILES string of the molecule is COc1ccc(S(=O)(=O)N(CC(=O)NCCCSCc2cccc(C)c2)c2cc(Cl)ccc2OC)cc1OC. The molecule has 0 atom stereocenters. The Balaban J connectivity index is 1.74. The van der Waals surface area contributed by atoms with Gasteiger partial charge in [0, 0.05) is 23.4 Å². The maximum Gasteiger partial charge on any atom is 0.265 e. The zero-order chi connectivity index (χ0) is 28.4. The zero-order valence-corrected chi connectivity index (χ0v) is 24.8. The van der Waals surface area contributed by atoms with Gasteiger partial charge < -0.3 is 19.5 Å². The molecule has 3 aromatic carbocycles. The van der Waals surface area contributed by atoms with Gasteiger partial charge in [0.1, 0.15) is 12.3 Å². The predicted octanol–water partition coefficient (Wildman–Crippen LogP) is 5.31. The lowest BCUT2D eigenvalue weighted by atomic mass is 10.2. The number of hydrogen-bond donors (Lipinski definition) is 1. The maximum atomic E-state index is 13.8. The van der Waals surface area contributed by atoms with Gasteiger partial charge in [0.2, 0.25) is 5.91 Å². The highest BCUT2D eigenvalue weighted by molar-refractivity contribution is 7.98. The van der Waals surface area contributed by atoms with Gasteiger partial charge >= 0.3 is 0 Å². The summed E-state index contributed by atoms with van der Waals surface area (Å²) in [4.78, 5) is 12.9. The number of carbonyl (C=O) groups excluding carboxylic acids is 1. The summed E-state index contributed by atoms with van der Waals surface area (Å²) in [5.41, 5.74) is 2.63. The Morgan fingerprint density at radius 2 is 1.67 bits per heavy atom. The van der Waals surface area contributed by atoms with Crippen LogP contribution >= 0.6 is 23.4 Å². The first-order valence-corrected chi connectivity index (χ1v) is 15.1. The molecule has 0 heterocycles. The van der Waals surface area contributed by atoms with Crippen LogP contribution in [0.1, 0.15) is 17.5 Å². The quantitative estimate of drug-likeness (QED) is 0.254. The van der Waals surface area contributed by atoms with Gasteiger partial charge in [0.25, 0.3) is 10.0 Å². The topological polar surface area (TPSA) is 94.2 Å². The van der Waals surface area contributed by atoms with Crippen LogP contribution in [0.25, 0.3) is 0 Å². The highest BCUT2D eigenvalue weighted by Gasteiger charge is 2.30. The summed E-state index contributed by atoms with van der Waals surface area (Å²) in [5, 5.41) is 3.13. The third-order valence-corrected chi connectivity index (χ3v) is 8.88. The molecule has 0 aliphatic carbocycles. The van der Waals surface area contributed by atoms with E-state index in [4.69, 9.17) is 25.8 Å². The number of ether oxygens (including phenoxy) is 3. The number of thioether (sulfide) groups is 1. The van der Waals surface area contributed by atoms with Crippen LogP contribution in [0.3, 0.4) is 0 Å². The average molecular weight is 593 g/mol. The lowest BCUT2D eigenvalue weighted by Crippen LogP contribution is -2.41. The number of carbonyl (C=O) groups is 1. The van der Waals surface area contributed by atoms with Gasteiger partial charge in [-0.15, -0.1) is 0 Å². The maximum absolute atomic E-state index is 13.8. The van der Waals surface area contributed by atoms with Crippen molar-refractivity contribution in [3.63, 3.8) is 0 Å². The van der Waals surface area contributed by atoms with Crippen LogP contribution in [-0.2, 0) is 20.6 Å². The van der Waals surface area contributed by atoms with E-state index in [0.29, 0.717) is 17.3 Å². The number of halogens is 1. The van der Waals surface area contributed by atoms with Gasteiger partial charge in [-0.2, -0.15) is 11.8 Å².